The third-order valence-corrected chi connectivity index (χ3v) is 4.10. The molecule has 2 aliphatic rings. The number of anilines is 1. The lowest BCUT2D eigenvalue weighted by Gasteiger charge is -2.31. The molecular formula is C14H20N2. The van der Waals surface area contributed by atoms with Crippen LogP contribution in [0.3, 0.4) is 0 Å². The maximum Gasteiger partial charge on any atom is 0.0404 e. The summed E-state index contributed by atoms with van der Waals surface area (Å²) in [6, 6.07) is 10.6. The van der Waals surface area contributed by atoms with Gasteiger partial charge in [-0.05, 0) is 44.2 Å². The molecule has 0 saturated heterocycles. The number of fused-ring (bicyclic) bond motifs is 1. The number of para-hydroxylation sites is 1. The molecule has 0 bridgehead atoms. The first-order chi connectivity index (χ1) is 7.75. The van der Waals surface area contributed by atoms with Crippen LogP contribution in [0.25, 0.3) is 0 Å². The second-order valence-electron chi connectivity index (χ2n) is 5.32. The van der Waals surface area contributed by atoms with Gasteiger partial charge in [0.25, 0.3) is 0 Å². The van der Waals surface area contributed by atoms with Gasteiger partial charge in [0.05, 0.1) is 0 Å². The zero-order chi connectivity index (χ0) is 11.1. The smallest absolute Gasteiger partial charge is 0.0404 e. The van der Waals surface area contributed by atoms with Gasteiger partial charge in [-0.2, -0.15) is 0 Å². The minimum atomic E-state index is 0.421. The predicted molar refractivity (Wildman–Crippen MR) is 67.7 cm³/mol. The summed E-state index contributed by atoms with van der Waals surface area (Å²) in [6.07, 6.45) is 4.82. The van der Waals surface area contributed by atoms with Crippen molar-refractivity contribution < 1.29 is 0 Å². The van der Waals surface area contributed by atoms with Crippen LogP contribution in [0.1, 0.15) is 31.7 Å². The first kappa shape index (κ1) is 10.2. The minimum absolute atomic E-state index is 0.421. The normalized spacial score (nSPS) is 33.1. The second-order valence-corrected chi connectivity index (χ2v) is 5.32. The van der Waals surface area contributed by atoms with Gasteiger partial charge < -0.3 is 10.6 Å². The van der Waals surface area contributed by atoms with E-state index in [0.717, 1.165) is 0 Å². The number of benzene rings is 1. The molecular weight excluding hydrogens is 196 g/mol. The Labute approximate surface area is 97.4 Å². The van der Waals surface area contributed by atoms with Crippen molar-refractivity contribution in [3.63, 3.8) is 0 Å². The van der Waals surface area contributed by atoms with Crippen molar-refractivity contribution >= 4 is 5.69 Å². The van der Waals surface area contributed by atoms with Gasteiger partial charge in [0, 0.05) is 23.8 Å². The second kappa shape index (κ2) is 3.77. The van der Waals surface area contributed by atoms with Crippen molar-refractivity contribution in [2.24, 2.45) is 5.73 Å². The van der Waals surface area contributed by atoms with Crippen molar-refractivity contribution in [1.29, 1.82) is 0 Å². The molecule has 2 heteroatoms. The Balaban J connectivity index is 1.90. The molecule has 2 N–H and O–H groups in total. The fourth-order valence-corrected chi connectivity index (χ4v) is 3.39. The SMILES string of the molecule is CC1Cc2ccccc2N1C1CCC(N)C1. The van der Waals surface area contributed by atoms with E-state index in [4.69, 9.17) is 5.73 Å². The highest BCUT2D eigenvalue weighted by Crippen LogP contribution is 2.37. The number of nitrogens with zero attached hydrogens (tertiary/aromatic N) is 1. The monoisotopic (exact) mass is 216 g/mol. The zero-order valence-electron chi connectivity index (χ0n) is 9.89. The predicted octanol–water partition coefficient (Wildman–Crippen LogP) is 2.32. The quantitative estimate of drug-likeness (QED) is 0.780. The molecule has 3 unspecified atom stereocenters. The molecule has 16 heavy (non-hydrogen) atoms. The van der Waals surface area contributed by atoms with Crippen LogP contribution in [-0.2, 0) is 6.42 Å². The zero-order valence-corrected chi connectivity index (χ0v) is 9.89. The summed E-state index contributed by atoms with van der Waals surface area (Å²) in [4.78, 5) is 2.61. The molecule has 1 fully saturated rings. The summed E-state index contributed by atoms with van der Waals surface area (Å²) in [5.74, 6) is 0. The molecule has 1 aliphatic carbocycles. The van der Waals surface area contributed by atoms with Crippen LogP contribution >= 0.6 is 0 Å². The molecule has 86 valence electrons. The highest BCUT2D eigenvalue weighted by molar-refractivity contribution is 5.60. The molecule has 0 amide bonds. The molecule has 1 aromatic carbocycles. The molecule has 0 radical (unpaired) electrons. The van der Waals surface area contributed by atoms with E-state index in [0.29, 0.717) is 18.1 Å². The molecule has 1 aromatic rings. The average Bonchev–Trinajstić information content (AvgIpc) is 2.80. The van der Waals surface area contributed by atoms with Crippen LogP contribution in [0.5, 0.6) is 0 Å². The highest BCUT2D eigenvalue weighted by Gasteiger charge is 2.34. The van der Waals surface area contributed by atoms with Gasteiger partial charge in [-0.15, -0.1) is 0 Å². The molecule has 1 aliphatic heterocycles. The minimum Gasteiger partial charge on any atom is -0.365 e. The van der Waals surface area contributed by atoms with Crippen LogP contribution in [0.15, 0.2) is 24.3 Å². The van der Waals surface area contributed by atoms with Crippen molar-refractivity contribution in [1.82, 2.24) is 0 Å². The third kappa shape index (κ3) is 1.52. The molecule has 3 rings (SSSR count). The maximum absolute atomic E-state index is 6.03. The topological polar surface area (TPSA) is 29.3 Å². The number of nitrogens with two attached hydrogens (primary N) is 1. The number of hydrogen-bond donors (Lipinski definition) is 1. The van der Waals surface area contributed by atoms with Crippen LogP contribution < -0.4 is 10.6 Å². The van der Waals surface area contributed by atoms with E-state index in [1.54, 1.807) is 0 Å². The van der Waals surface area contributed by atoms with Gasteiger partial charge in [0.1, 0.15) is 0 Å². The summed E-state index contributed by atoms with van der Waals surface area (Å²) in [5, 5.41) is 0. The van der Waals surface area contributed by atoms with Gasteiger partial charge in [-0.3, -0.25) is 0 Å². The Kier molecular flexibility index (Phi) is 2.40. The largest absolute Gasteiger partial charge is 0.365 e. The molecule has 3 atom stereocenters. The summed E-state index contributed by atoms with van der Waals surface area (Å²) >= 11 is 0. The van der Waals surface area contributed by atoms with E-state index in [-0.39, 0.29) is 0 Å². The lowest BCUT2D eigenvalue weighted by atomic mass is 10.1. The first-order valence-electron chi connectivity index (χ1n) is 6.37. The van der Waals surface area contributed by atoms with Crippen LogP contribution in [0.2, 0.25) is 0 Å². The van der Waals surface area contributed by atoms with Gasteiger partial charge in [-0.25, -0.2) is 0 Å². The van der Waals surface area contributed by atoms with Crippen molar-refractivity contribution in [2.75, 3.05) is 4.90 Å². The van der Waals surface area contributed by atoms with Gasteiger partial charge in [0.15, 0.2) is 0 Å². The van der Waals surface area contributed by atoms with Gasteiger partial charge >= 0.3 is 0 Å². The van der Waals surface area contributed by atoms with Crippen LogP contribution in [-0.4, -0.2) is 18.1 Å². The van der Waals surface area contributed by atoms with Crippen LogP contribution in [0, 0.1) is 0 Å². The maximum atomic E-state index is 6.03. The molecule has 2 nitrogen and oxygen atoms in total. The van der Waals surface area contributed by atoms with Crippen molar-refractivity contribution in [3.8, 4) is 0 Å². The van der Waals surface area contributed by atoms with E-state index in [9.17, 15) is 0 Å². The Morgan fingerprint density at radius 3 is 2.81 bits per heavy atom. The lowest BCUT2D eigenvalue weighted by molar-refractivity contribution is 0.546. The standard InChI is InChI=1S/C14H20N2/c1-10-8-11-4-2-3-5-14(11)16(10)13-7-6-12(15)9-13/h2-5,10,12-13H,6-9,15H2,1H3. The highest BCUT2D eigenvalue weighted by atomic mass is 15.2. The Morgan fingerprint density at radius 1 is 1.25 bits per heavy atom. The summed E-state index contributed by atoms with van der Waals surface area (Å²) in [5.41, 5.74) is 8.99. The summed E-state index contributed by atoms with van der Waals surface area (Å²) < 4.78 is 0. The Morgan fingerprint density at radius 2 is 2.06 bits per heavy atom. The number of rotatable bonds is 1. The van der Waals surface area contributed by atoms with E-state index < -0.39 is 0 Å². The molecule has 0 aromatic heterocycles. The van der Waals surface area contributed by atoms with Gasteiger partial charge in [-0.1, -0.05) is 18.2 Å². The molecule has 1 heterocycles. The Bertz CT molecular complexity index is 388. The van der Waals surface area contributed by atoms with Crippen molar-refractivity contribution in [3.05, 3.63) is 29.8 Å². The fraction of sp³-hybridized carbons (Fsp3) is 0.571. The fourth-order valence-electron chi connectivity index (χ4n) is 3.39. The van der Waals surface area contributed by atoms with Crippen molar-refractivity contribution in [2.45, 2.75) is 50.7 Å². The van der Waals surface area contributed by atoms with Crippen LogP contribution in [0.4, 0.5) is 5.69 Å². The van der Waals surface area contributed by atoms with E-state index >= 15 is 0 Å². The average molecular weight is 216 g/mol. The van der Waals surface area contributed by atoms with Gasteiger partial charge in [0.2, 0.25) is 0 Å². The number of hydrogen-bond acceptors (Lipinski definition) is 2. The summed E-state index contributed by atoms with van der Waals surface area (Å²) in [6.45, 7) is 2.34. The van der Waals surface area contributed by atoms with E-state index in [1.165, 1.54) is 36.9 Å². The lowest BCUT2D eigenvalue weighted by Crippen LogP contribution is -2.38. The summed E-state index contributed by atoms with van der Waals surface area (Å²) in [7, 11) is 0. The van der Waals surface area contributed by atoms with E-state index in [2.05, 4.69) is 36.1 Å². The van der Waals surface area contributed by atoms with E-state index in [1.807, 2.05) is 0 Å². The Hall–Kier alpha value is -1.02. The molecule has 0 spiro atoms. The first-order valence-corrected chi connectivity index (χ1v) is 6.37. The molecule has 1 saturated carbocycles. The third-order valence-electron chi connectivity index (χ3n) is 4.10.